The van der Waals surface area contributed by atoms with Crippen LogP contribution in [0.1, 0.15) is 40.0 Å². The number of hydrogen-bond donors (Lipinski definition) is 1. The quantitative estimate of drug-likeness (QED) is 0.781. The van der Waals surface area contributed by atoms with E-state index in [0.29, 0.717) is 30.3 Å². The van der Waals surface area contributed by atoms with Crippen LogP contribution in [0.15, 0.2) is 30.5 Å². The standard InChI is InChI=1S/C19H20N4O2/c1-11-4-5-13-9-16(23(3)15(13)8-11)19(24)22-14-6-7-25-17-10-20-12(2)21-18(14)17/h4-5,8-10,14H,6-7H2,1-3H3,(H,22,24). The molecule has 1 unspecified atom stereocenters. The first kappa shape index (κ1) is 15.6. The molecule has 1 atom stereocenters. The van der Waals surface area contributed by atoms with Gasteiger partial charge in [-0.2, -0.15) is 0 Å². The second kappa shape index (κ2) is 5.88. The van der Waals surface area contributed by atoms with Crippen molar-refractivity contribution in [1.82, 2.24) is 19.9 Å². The minimum atomic E-state index is -0.169. The maximum atomic E-state index is 12.9. The number of carbonyl (C=O) groups excluding carboxylic acids is 1. The van der Waals surface area contributed by atoms with Crippen molar-refractivity contribution < 1.29 is 9.53 Å². The first-order valence-corrected chi connectivity index (χ1v) is 8.36. The largest absolute Gasteiger partial charge is 0.490 e. The zero-order valence-electron chi connectivity index (χ0n) is 14.5. The smallest absolute Gasteiger partial charge is 0.268 e. The molecule has 4 rings (SSSR count). The average Bonchev–Trinajstić information content (AvgIpc) is 2.92. The Hall–Kier alpha value is -2.89. The molecule has 1 N–H and O–H groups in total. The van der Waals surface area contributed by atoms with E-state index in [9.17, 15) is 4.79 Å². The molecule has 0 spiro atoms. The number of nitrogens with one attached hydrogen (secondary N) is 1. The van der Waals surface area contributed by atoms with Gasteiger partial charge in [0.2, 0.25) is 0 Å². The number of amides is 1. The third-order valence-electron chi connectivity index (χ3n) is 4.64. The summed E-state index contributed by atoms with van der Waals surface area (Å²) in [5, 5.41) is 4.16. The number of aromatic nitrogens is 3. The highest BCUT2D eigenvalue weighted by Gasteiger charge is 2.26. The molecular weight excluding hydrogens is 316 g/mol. The molecule has 0 aliphatic carbocycles. The van der Waals surface area contributed by atoms with Gasteiger partial charge in [0, 0.05) is 24.4 Å². The van der Waals surface area contributed by atoms with Gasteiger partial charge in [0.1, 0.15) is 17.2 Å². The van der Waals surface area contributed by atoms with E-state index in [-0.39, 0.29) is 11.9 Å². The number of fused-ring (bicyclic) bond motifs is 2. The average molecular weight is 336 g/mol. The van der Waals surface area contributed by atoms with Crippen molar-refractivity contribution in [2.75, 3.05) is 6.61 Å². The summed E-state index contributed by atoms with van der Waals surface area (Å²) in [4.78, 5) is 21.5. The van der Waals surface area contributed by atoms with E-state index >= 15 is 0 Å². The van der Waals surface area contributed by atoms with Crippen LogP contribution in [0.5, 0.6) is 5.75 Å². The van der Waals surface area contributed by atoms with Gasteiger partial charge in [0.05, 0.1) is 18.8 Å². The Labute approximate surface area is 145 Å². The van der Waals surface area contributed by atoms with E-state index in [0.717, 1.165) is 16.6 Å². The van der Waals surface area contributed by atoms with Crippen molar-refractivity contribution in [3.05, 3.63) is 53.2 Å². The van der Waals surface area contributed by atoms with Crippen LogP contribution in [-0.4, -0.2) is 27.0 Å². The van der Waals surface area contributed by atoms with Crippen molar-refractivity contribution in [3.63, 3.8) is 0 Å². The Bertz CT molecular complexity index is 977. The summed E-state index contributed by atoms with van der Waals surface area (Å²) >= 11 is 0. The lowest BCUT2D eigenvalue weighted by atomic mass is 10.1. The lowest BCUT2D eigenvalue weighted by Gasteiger charge is -2.25. The lowest BCUT2D eigenvalue weighted by molar-refractivity contribution is 0.0915. The highest BCUT2D eigenvalue weighted by molar-refractivity contribution is 5.99. The van der Waals surface area contributed by atoms with Gasteiger partial charge in [-0.25, -0.2) is 9.97 Å². The van der Waals surface area contributed by atoms with E-state index in [1.54, 1.807) is 6.20 Å². The van der Waals surface area contributed by atoms with Gasteiger partial charge in [-0.1, -0.05) is 12.1 Å². The van der Waals surface area contributed by atoms with Crippen LogP contribution in [0, 0.1) is 13.8 Å². The number of nitrogens with zero attached hydrogens (tertiary/aromatic N) is 3. The van der Waals surface area contributed by atoms with E-state index in [1.807, 2.05) is 37.6 Å². The zero-order chi connectivity index (χ0) is 17.6. The van der Waals surface area contributed by atoms with Crippen molar-refractivity contribution in [2.45, 2.75) is 26.3 Å². The van der Waals surface area contributed by atoms with Crippen LogP contribution in [-0.2, 0) is 7.05 Å². The zero-order valence-corrected chi connectivity index (χ0v) is 14.5. The van der Waals surface area contributed by atoms with Gasteiger partial charge in [-0.05, 0) is 31.5 Å². The van der Waals surface area contributed by atoms with E-state index in [2.05, 4.69) is 27.4 Å². The predicted octanol–water partition coefficient (Wildman–Crippen LogP) is 2.84. The number of carbonyl (C=O) groups is 1. The Morgan fingerprint density at radius 2 is 2.16 bits per heavy atom. The summed E-state index contributed by atoms with van der Waals surface area (Å²) in [5.41, 5.74) is 3.61. The maximum Gasteiger partial charge on any atom is 0.268 e. The van der Waals surface area contributed by atoms with Crippen molar-refractivity contribution in [1.29, 1.82) is 0 Å². The molecule has 6 nitrogen and oxygen atoms in total. The molecule has 2 aromatic heterocycles. The Kier molecular flexibility index (Phi) is 3.67. The molecule has 0 bridgehead atoms. The molecule has 1 amide bonds. The van der Waals surface area contributed by atoms with Crippen LogP contribution < -0.4 is 10.1 Å². The third kappa shape index (κ3) is 2.73. The van der Waals surface area contributed by atoms with Crippen LogP contribution in [0.3, 0.4) is 0 Å². The number of benzene rings is 1. The normalized spacial score (nSPS) is 16.4. The molecule has 1 aliphatic heterocycles. The predicted molar refractivity (Wildman–Crippen MR) is 94.7 cm³/mol. The summed E-state index contributed by atoms with van der Waals surface area (Å²) in [6.07, 6.45) is 2.37. The SMILES string of the molecule is Cc1ccc2cc(C(=O)NC3CCOc4cnc(C)nc43)n(C)c2c1. The molecule has 0 radical (unpaired) electrons. The molecule has 25 heavy (non-hydrogen) atoms. The van der Waals surface area contributed by atoms with Crippen molar-refractivity contribution >= 4 is 16.8 Å². The second-order valence-electron chi connectivity index (χ2n) is 6.48. The lowest BCUT2D eigenvalue weighted by Crippen LogP contribution is -2.34. The van der Waals surface area contributed by atoms with Gasteiger partial charge >= 0.3 is 0 Å². The van der Waals surface area contributed by atoms with Crippen molar-refractivity contribution in [2.24, 2.45) is 7.05 Å². The van der Waals surface area contributed by atoms with Crippen molar-refractivity contribution in [3.8, 4) is 5.75 Å². The summed E-state index contributed by atoms with van der Waals surface area (Å²) in [5.74, 6) is 1.21. The first-order chi connectivity index (χ1) is 12.0. The number of aryl methyl sites for hydroxylation is 3. The number of hydrogen-bond acceptors (Lipinski definition) is 4. The highest BCUT2D eigenvalue weighted by atomic mass is 16.5. The number of rotatable bonds is 2. The highest BCUT2D eigenvalue weighted by Crippen LogP contribution is 2.30. The summed E-state index contributed by atoms with van der Waals surface area (Å²) in [7, 11) is 1.92. The van der Waals surface area contributed by atoms with Gasteiger partial charge < -0.3 is 14.6 Å². The molecule has 0 fully saturated rings. The molecule has 1 aliphatic rings. The first-order valence-electron chi connectivity index (χ1n) is 8.36. The molecule has 1 aromatic carbocycles. The Morgan fingerprint density at radius 1 is 1.32 bits per heavy atom. The summed E-state index contributed by atoms with van der Waals surface area (Å²) < 4.78 is 7.53. The van der Waals surface area contributed by atoms with E-state index < -0.39 is 0 Å². The third-order valence-corrected chi connectivity index (χ3v) is 4.64. The molecule has 3 aromatic rings. The monoisotopic (exact) mass is 336 g/mol. The van der Waals surface area contributed by atoms with Gasteiger partial charge in [0.25, 0.3) is 5.91 Å². The minimum absolute atomic E-state index is 0.106. The molecular formula is C19H20N4O2. The topological polar surface area (TPSA) is 69.0 Å². The minimum Gasteiger partial charge on any atom is -0.490 e. The maximum absolute atomic E-state index is 12.9. The van der Waals surface area contributed by atoms with E-state index in [1.165, 1.54) is 5.56 Å². The fourth-order valence-electron chi connectivity index (χ4n) is 3.29. The fraction of sp³-hybridized carbons (Fsp3) is 0.316. The van der Waals surface area contributed by atoms with Crippen LogP contribution in [0.25, 0.3) is 10.9 Å². The second-order valence-corrected chi connectivity index (χ2v) is 6.48. The molecule has 128 valence electrons. The molecule has 0 saturated heterocycles. The molecule has 6 heteroatoms. The fourth-order valence-corrected chi connectivity index (χ4v) is 3.29. The van der Waals surface area contributed by atoms with Crippen LogP contribution in [0.2, 0.25) is 0 Å². The Morgan fingerprint density at radius 3 is 3.00 bits per heavy atom. The Balaban J connectivity index is 1.66. The van der Waals surface area contributed by atoms with Gasteiger partial charge in [-0.3, -0.25) is 4.79 Å². The number of ether oxygens (including phenoxy) is 1. The van der Waals surface area contributed by atoms with E-state index in [4.69, 9.17) is 4.74 Å². The van der Waals surface area contributed by atoms with Gasteiger partial charge in [-0.15, -0.1) is 0 Å². The van der Waals surface area contributed by atoms with Crippen LogP contribution >= 0.6 is 0 Å². The molecule has 3 heterocycles. The summed E-state index contributed by atoms with van der Waals surface area (Å²) in [6.45, 7) is 4.42. The molecule has 0 saturated carbocycles. The van der Waals surface area contributed by atoms with Gasteiger partial charge in [0.15, 0.2) is 5.75 Å². The summed E-state index contributed by atoms with van der Waals surface area (Å²) in [6, 6.07) is 7.94. The van der Waals surface area contributed by atoms with Crippen LogP contribution in [0.4, 0.5) is 0 Å².